The van der Waals surface area contributed by atoms with Crippen molar-refractivity contribution in [2.75, 3.05) is 40.2 Å². The van der Waals surface area contributed by atoms with Crippen molar-refractivity contribution in [3.63, 3.8) is 0 Å². The van der Waals surface area contributed by atoms with Crippen molar-refractivity contribution in [3.05, 3.63) is 0 Å². The number of alkyl carbamates (subject to hydrolysis) is 2. The molecule has 11 nitrogen and oxygen atoms in total. The summed E-state index contributed by atoms with van der Waals surface area (Å²) in [5.74, 6) is 0.370. The minimum atomic E-state index is -0.565. The van der Waals surface area contributed by atoms with Gasteiger partial charge in [0.2, 0.25) is 0 Å². The van der Waals surface area contributed by atoms with Crippen LogP contribution in [0.4, 0.5) is 9.59 Å². The lowest BCUT2D eigenvalue weighted by Crippen LogP contribution is -2.43. The molecule has 1 aliphatic heterocycles. The number of esters is 1. The lowest BCUT2D eigenvalue weighted by atomic mass is 10.2. The second-order valence-electron chi connectivity index (χ2n) is 8.40. The van der Waals surface area contributed by atoms with Crippen LogP contribution in [0.1, 0.15) is 41.5 Å². The average molecular weight is 518 g/mol. The summed E-state index contributed by atoms with van der Waals surface area (Å²) in [5.41, 5.74) is -1.01. The first kappa shape index (κ1) is 35.8. The van der Waals surface area contributed by atoms with Crippen molar-refractivity contribution in [2.45, 2.75) is 64.2 Å². The van der Waals surface area contributed by atoms with Crippen LogP contribution in [0.15, 0.2) is 0 Å². The molecule has 2 amide bonds. The second kappa shape index (κ2) is 18.6. The maximum absolute atomic E-state index is 11.4. The third-order valence-corrected chi connectivity index (χ3v) is 4.13. The summed E-state index contributed by atoms with van der Waals surface area (Å²) < 4.78 is 18.8. The van der Waals surface area contributed by atoms with E-state index in [1.54, 1.807) is 46.8 Å². The number of hydrogen-bond donors (Lipinski definition) is 3. The molecule has 1 saturated heterocycles. The Hall–Kier alpha value is -1.76. The Kier molecular flexibility index (Phi) is 20.2. The Morgan fingerprint density at radius 3 is 1.82 bits per heavy atom. The van der Waals surface area contributed by atoms with Gasteiger partial charge in [0.25, 0.3) is 0 Å². The predicted octanol–water partition coefficient (Wildman–Crippen LogP) is 2.11. The molecule has 3 N–H and O–H groups in total. The zero-order chi connectivity index (χ0) is 25.4. The smallest absolute Gasteiger partial charge is 0.408 e. The molecule has 196 valence electrons. The summed E-state index contributed by atoms with van der Waals surface area (Å²) in [6, 6.07) is -0.301. The number of ether oxygens (including phenoxy) is 4. The van der Waals surface area contributed by atoms with E-state index < -0.39 is 23.4 Å². The molecule has 0 aromatic heterocycles. The lowest BCUT2D eigenvalue weighted by molar-refractivity contribution is -0.142. The monoisotopic (exact) mass is 517 g/mol. The number of halogens is 1. The van der Waals surface area contributed by atoms with Crippen molar-refractivity contribution < 1.29 is 38.1 Å². The molecule has 0 spiro atoms. The predicted molar refractivity (Wildman–Crippen MR) is 130 cm³/mol. The van der Waals surface area contributed by atoms with Gasteiger partial charge in [0.1, 0.15) is 23.5 Å². The zero-order valence-corrected chi connectivity index (χ0v) is 22.6. The molecule has 0 aromatic carbocycles. The van der Waals surface area contributed by atoms with Gasteiger partial charge in [-0.3, -0.25) is 10.1 Å². The van der Waals surface area contributed by atoms with Crippen LogP contribution < -0.4 is 16.0 Å². The maximum Gasteiger partial charge on any atom is 0.408 e. The highest BCUT2D eigenvalue weighted by Crippen LogP contribution is 2.18. The van der Waals surface area contributed by atoms with Crippen molar-refractivity contribution in [1.29, 1.82) is 0 Å². The van der Waals surface area contributed by atoms with Crippen LogP contribution in [0.3, 0.4) is 0 Å². The Labute approximate surface area is 207 Å². The molecule has 0 radical (unpaired) electrons. The molecule has 33 heavy (non-hydrogen) atoms. The molecule has 13 heteroatoms. The Morgan fingerprint density at radius 2 is 1.42 bits per heavy atom. The highest BCUT2D eigenvalue weighted by Gasteiger charge is 2.30. The highest BCUT2D eigenvalue weighted by molar-refractivity contribution is 8.00. The molecule has 0 aliphatic carbocycles. The number of methoxy groups -OCH3 is 2. The molecule has 0 bridgehead atoms. The molecular formula is C20H40ClN3O8S. The quantitative estimate of drug-likeness (QED) is 0.282. The van der Waals surface area contributed by atoms with Crippen molar-refractivity contribution >= 4 is 48.6 Å². The first-order valence-corrected chi connectivity index (χ1v) is 11.0. The number of amides is 2. The van der Waals surface area contributed by atoms with E-state index in [9.17, 15) is 19.2 Å². The van der Waals surface area contributed by atoms with Gasteiger partial charge in [0.05, 0.1) is 19.0 Å². The highest BCUT2D eigenvalue weighted by atomic mass is 35.5. The number of carbonyl (C=O) groups excluding carboxylic acids is 4. The van der Waals surface area contributed by atoms with E-state index >= 15 is 0 Å². The van der Waals surface area contributed by atoms with Gasteiger partial charge in [-0.15, -0.1) is 24.2 Å². The molecular weight excluding hydrogens is 478 g/mol. The van der Waals surface area contributed by atoms with Crippen LogP contribution in [0, 0.1) is 0 Å². The zero-order valence-electron chi connectivity index (χ0n) is 20.9. The third kappa shape index (κ3) is 23.2. The van der Waals surface area contributed by atoms with Crippen molar-refractivity contribution in [2.24, 2.45) is 0 Å². The van der Waals surface area contributed by atoms with Crippen LogP contribution in [0.2, 0.25) is 0 Å². The molecule has 0 saturated carbocycles. The van der Waals surface area contributed by atoms with Gasteiger partial charge in [-0.2, -0.15) is 0 Å². The van der Waals surface area contributed by atoms with Gasteiger partial charge in [0, 0.05) is 26.5 Å². The van der Waals surface area contributed by atoms with Crippen molar-refractivity contribution in [1.82, 2.24) is 16.0 Å². The maximum atomic E-state index is 11.4. The fraction of sp³-hybridized carbons (Fsp3) is 0.800. The van der Waals surface area contributed by atoms with Crippen LogP contribution in [-0.4, -0.2) is 87.2 Å². The Morgan fingerprint density at radius 1 is 0.970 bits per heavy atom. The van der Waals surface area contributed by atoms with Crippen LogP contribution in [-0.2, 0) is 28.5 Å². The molecule has 1 fully saturated rings. The largest absolute Gasteiger partial charge is 0.468 e. The van der Waals surface area contributed by atoms with E-state index in [4.69, 9.17) is 9.47 Å². The average Bonchev–Trinajstić information content (AvgIpc) is 3.11. The standard InChI is InChI=1S/C11H20N2O4S.C7H13NO3.C2H6O.ClH/c1-11(2,3)17-10(15)12-5-8-13-7(6-18-8)9(14)16-4;1-7(2,3)11-6(10)8-4-5-9;1-3-2;/h7-8,13H,5-6H2,1-4H3,(H,12,15);5H,4H2,1-3H3,(H,8,10);1-2H3;1H/t7-,8?;;;/m0.../s1. The number of nitrogens with one attached hydrogen (secondary N) is 3. The summed E-state index contributed by atoms with van der Waals surface area (Å²) in [6.07, 6.45) is -0.416. The second-order valence-corrected chi connectivity index (χ2v) is 9.64. The number of aldehydes is 1. The van der Waals surface area contributed by atoms with Crippen LogP contribution in [0.5, 0.6) is 0 Å². The van der Waals surface area contributed by atoms with Gasteiger partial charge < -0.3 is 34.4 Å². The fourth-order valence-corrected chi connectivity index (χ4v) is 2.98. The van der Waals surface area contributed by atoms with Gasteiger partial charge in [-0.05, 0) is 41.5 Å². The number of hydrogen-bond acceptors (Lipinski definition) is 10. The van der Waals surface area contributed by atoms with E-state index in [1.807, 2.05) is 20.8 Å². The van der Waals surface area contributed by atoms with Crippen molar-refractivity contribution in [3.8, 4) is 0 Å². The minimum Gasteiger partial charge on any atom is -0.468 e. The molecule has 1 unspecified atom stereocenters. The topological polar surface area (TPSA) is 141 Å². The Bertz CT molecular complexity index is 583. The molecule has 2 atom stereocenters. The van der Waals surface area contributed by atoms with Gasteiger partial charge in [0.15, 0.2) is 0 Å². The van der Waals surface area contributed by atoms with Gasteiger partial charge in [-0.1, -0.05) is 0 Å². The summed E-state index contributed by atoms with van der Waals surface area (Å²) >= 11 is 1.57. The molecule has 1 rings (SSSR count). The van der Waals surface area contributed by atoms with E-state index in [0.717, 1.165) is 0 Å². The summed E-state index contributed by atoms with van der Waals surface area (Å²) in [5, 5.41) is 8.00. The third-order valence-electron chi connectivity index (χ3n) is 2.90. The summed E-state index contributed by atoms with van der Waals surface area (Å²) in [4.78, 5) is 43.2. The van der Waals surface area contributed by atoms with E-state index in [1.165, 1.54) is 7.11 Å². The first-order chi connectivity index (χ1) is 14.7. The van der Waals surface area contributed by atoms with Gasteiger partial charge in [-0.25, -0.2) is 9.59 Å². The first-order valence-electron chi connectivity index (χ1n) is 9.92. The van der Waals surface area contributed by atoms with E-state index in [2.05, 4.69) is 25.4 Å². The minimum absolute atomic E-state index is 0. The molecule has 1 heterocycles. The summed E-state index contributed by atoms with van der Waals surface area (Å²) in [7, 11) is 4.61. The van der Waals surface area contributed by atoms with E-state index in [-0.39, 0.29) is 36.3 Å². The number of rotatable bonds is 5. The van der Waals surface area contributed by atoms with Gasteiger partial charge >= 0.3 is 18.2 Å². The Balaban J connectivity index is -0.000000516. The van der Waals surface area contributed by atoms with E-state index in [0.29, 0.717) is 18.6 Å². The lowest BCUT2D eigenvalue weighted by Gasteiger charge is -2.20. The molecule has 1 aliphatic rings. The SMILES string of the molecule is CC(C)(C)OC(=O)NCC=O.COC.COC(=O)[C@@H]1CSC(CNC(=O)OC(C)(C)C)N1.Cl. The fourth-order valence-electron chi connectivity index (χ4n) is 1.86. The number of thioether (sulfide) groups is 1. The normalized spacial score (nSPS) is 16.9. The number of carbonyl (C=O) groups is 4. The van der Waals surface area contributed by atoms with Crippen LogP contribution in [0.25, 0.3) is 0 Å². The summed E-state index contributed by atoms with van der Waals surface area (Å²) in [6.45, 7) is 11.1. The molecule has 0 aromatic rings. The van der Waals surface area contributed by atoms with Crippen LogP contribution >= 0.6 is 24.2 Å².